The van der Waals surface area contributed by atoms with Crippen LogP contribution in [0.5, 0.6) is 0 Å². The topological polar surface area (TPSA) is 66.8 Å². The molecular formula is C30H32FNO4. The van der Waals surface area contributed by atoms with Crippen molar-refractivity contribution in [2.45, 2.75) is 59.7 Å². The van der Waals surface area contributed by atoms with E-state index in [1.807, 2.05) is 65.0 Å². The third kappa shape index (κ3) is 4.91. The Morgan fingerprint density at radius 3 is 2.25 bits per heavy atom. The van der Waals surface area contributed by atoms with Gasteiger partial charge in [0.05, 0.1) is 5.60 Å². The molecule has 0 saturated heterocycles. The lowest BCUT2D eigenvalue weighted by atomic mass is 9.86. The lowest BCUT2D eigenvalue weighted by molar-refractivity contribution is -0.160. The molecule has 6 heteroatoms. The highest BCUT2D eigenvalue weighted by Gasteiger charge is 2.36. The number of carboxylic acids is 1. The molecule has 0 aliphatic carbocycles. The summed E-state index contributed by atoms with van der Waals surface area (Å²) in [6.07, 6.45) is -0.602. The van der Waals surface area contributed by atoms with Gasteiger partial charge in [0.15, 0.2) is 6.10 Å². The molecule has 5 nitrogen and oxygen atoms in total. The van der Waals surface area contributed by atoms with Gasteiger partial charge in [0.1, 0.15) is 5.82 Å². The molecule has 0 radical (unpaired) electrons. The standard InChI is InChI=1S/C30H32FNO4/c1-17-7-9-20(10-8-17)26-23-13-14-32(28(33)22-12-11-21(31)15-18(22)2)24(23)16-19(3)25(26)27(29(34)35)36-30(4,5)6/h7-12,15-16,27H,13-14H2,1-6H3,(H,34,35)/t27-/m0/s1. The van der Waals surface area contributed by atoms with Crippen LogP contribution in [0.4, 0.5) is 10.1 Å². The molecule has 0 aromatic heterocycles. The molecule has 0 saturated carbocycles. The summed E-state index contributed by atoms with van der Waals surface area (Å²) in [6.45, 7) is 11.5. The van der Waals surface area contributed by atoms with Crippen LogP contribution in [0.25, 0.3) is 11.1 Å². The molecule has 1 aliphatic rings. The van der Waals surface area contributed by atoms with Crippen LogP contribution >= 0.6 is 0 Å². The number of amides is 1. The van der Waals surface area contributed by atoms with Crippen LogP contribution in [-0.4, -0.2) is 29.1 Å². The van der Waals surface area contributed by atoms with Gasteiger partial charge in [-0.15, -0.1) is 0 Å². The van der Waals surface area contributed by atoms with Crippen molar-refractivity contribution >= 4 is 17.6 Å². The Bertz CT molecular complexity index is 1340. The van der Waals surface area contributed by atoms with Gasteiger partial charge in [-0.05, 0) is 100 Å². The van der Waals surface area contributed by atoms with E-state index < -0.39 is 17.7 Å². The van der Waals surface area contributed by atoms with Gasteiger partial charge in [0, 0.05) is 23.4 Å². The first-order valence-electron chi connectivity index (χ1n) is 12.1. The van der Waals surface area contributed by atoms with Crippen LogP contribution in [0, 0.1) is 26.6 Å². The summed E-state index contributed by atoms with van der Waals surface area (Å²) in [6, 6.07) is 14.0. The van der Waals surface area contributed by atoms with Gasteiger partial charge in [-0.2, -0.15) is 0 Å². The number of aryl methyl sites for hydroxylation is 3. The fraction of sp³-hybridized carbons (Fsp3) is 0.333. The molecule has 0 spiro atoms. The zero-order chi connectivity index (χ0) is 26.4. The number of halogens is 1. The number of benzene rings is 3. The van der Waals surface area contributed by atoms with Crippen molar-refractivity contribution in [2.75, 3.05) is 11.4 Å². The Kier molecular flexibility index (Phi) is 6.76. The molecule has 1 amide bonds. The number of carboxylic acid groups (broad SMARTS) is 1. The van der Waals surface area contributed by atoms with E-state index in [1.54, 1.807) is 11.8 Å². The van der Waals surface area contributed by atoms with Crippen LogP contribution < -0.4 is 4.90 Å². The minimum absolute atomic E-state index is 0.200. The highest BCUT2D eigenvalue weighted by Crippen LogP contribution is 2.45. The number of hydrogen-bond donors (Lipinski definition) is 1. The fourth-order valence-electron chi connectivity index (χ4n) is 4.89. The molecule has 36 heavy (non-hydrogen) atoms. The van der Waals surface area contributed by atoms with Crippen LogP contribution in [-0.2, 0) is 16.0 Å². The molecule has 4 rings (SSSR count). The summed E-state index contributed by atoms with van der Waals surface area (Å²) >= 11 is 0. The third-order valence-electron chi connectivity index (χ3n) is 6.50. The predicted molar refractivity (Wildman–Crippen MR) is 139 cm³/mol. The normalized spacial score (nSPS) is 14.0. The van der Waals surface area contributed by atoms with E-state index in [2.05, 4.69) is 0 Å². The van der Waals surface area contributed by atoms with E-state index in [4.69, 9.17) is 4.74 Å². The van der Waals surface area contributed by atoms with E-state index in [1.165, 1.54) is 18.2 Å². The quantitative estimate of drug-likeness (QED) is 0.441. The number of carbonyl (C=O) groups is 2. The van der Waals surface area contributed by atoms with Gasteiger partial charge >= 0.3 is 5.97 Å². The first kappa shape index (κ1) is 25.6. The molecule has 1 aliphatic heterocycles. The minimum atomic E-state index is -1.17. The third-order valence-corrected chi connectivity index (χ3v) is 6.50. The van der Waals surface area contributed by atoms with E-state index in [9.17, 15) is 19.1 Å². The number of rotatable bonds is 5. The molecule has 3 aromatic rings. The predicted octanol–water partition coefficient (Wildman–Crippen LogP) is 6.56. The maximum Gasteiger partial charge on any atom is 0.337 e. The summed E-state index contributed by atoms with van der Waals surface area (Å²) in [5.74, 6) is -1.64. The van der Waals surface area contributed by atoms with Crippen molar-refractivity contribution in [3.8, 4) is 11.1 Å². The second kappa shape index (κ2) is 9.51. The summed E-state index contributed by atoms with van der Waals surface area (Å²) in [5.41, 5.74) is 6.11. The van der Waals surface area contributed by atoms with Gasteiger partial charge in [-0.1, -0.05) is 29.8 Å². The molecule has 1 N–H and O–H groups in total. The number of anilines is 1. The van der Waals surface area contributed by atoms with Gasteiger partial charge < -0.3 is 14.7 Å². The van der Waals surface area contributed by atoms with Gasteiger partial charge in [-0.25, -0.2) is 9.18 Å². The monoisotopic (exact) mass is 489 g/mol. The zero-order valence-electron chi connectivity index (χ0n) is 21.6. The Morgan fingerprint density at radius 2 is 1.67 bits per heavy atom. The van der Waals surface area contributed by atoms with Crippen molar-refractivity contribution in [3.05, 3.63) is 87.7 Å². The number of ether oxygens (including phenoxy) is 1. The second-order valence-electron chi connectivity index (χ2n) is 10.5. The lowest BCUT2D eigenvalue weighted by Crippen LogP contribution is -2.30. The fourth-order valence-corrected chi connectivity index (χ4v) is 4.89. The Morgan fingerprint density at radius 1 is 1.00 bits per heavy atom. The Balaban J connectivity index is 1.93. The van der Waals surface area contributed by atoms with E-state index in [0.717, 1.165) is 33.5 Å². The van der Waals surface area contributed by atoms with E-state index in [-0.39, 0.29) is 11.7 Å². The first-order chi connectivity index (χ1) is 16.9. The van der Waals surface area contributed by atoms with Crippen LogP contribution in [0.1, 0.15) is 65.1 Å². The Labute approximate surface area is 211 Å². The van der Waals surface area contributed by atoms with Gasteiger partial charge in [0.25, 0.3) is 5.91 Å². The second-order valence-corrected chi connectivity index (χ2v) is 10.5. The zero-order valence-corrected chi connectivity index (χ0v) is 21.6. The summed E-state index contributed by atoms with van der Waals surface area (Å²) in [5, 5.41) is 10.2. The summed E-state index contributed by atoms with van der Waals surface area (Å²) in [4.78, 5) is 27.7. The maximum atomic E-state index is 13.7. The van der Waals surface area contributed by atoms with Crippen LogP contribution in [0.3, 0.4) is 0 Å². The van der Waals surface area contributed by atoms with Crippen molar-refractivity contribution < 1.29 is 23.8 Å². The molecule has 3 aromatic carbocycles. The molecule has 1 heterocycles. The average molecular weight is 490 g/mol. The Hall–Kier alpha value is -3.51. The number of aliphatic carboxylic acids is 1. The molecule has 188 valence electrons. The highest BCUT2D eigenvalue weighted by atomic mass is 19.1. The molecule has 0 bridgehead atoms. The van der Waals surface area contributed by atoms with Crippen molar-refractivity contribution in [3.63, 3.8) is 0 Å². The van der Waals surface area contributed by atoms with Gasteiger partial charge in [0.2, 0.25) is 0 Å². The van der Waals surface area contributed by atoms with Crippen molar-refractivity contribution in [2.24, 2.45) is 0 Å². The van der Waals surface area contributed by atoms with E-state index >= 15 is 0 Å². The highest BCUT2D eigenvalue weighted by molar-refractivity contribution is 6.09. The number of nitrogens with zero attached hydrogens (tertiary/aromatic N) is 1. The number of carbonyl (C=O) groups excluding carboxylic acids is 1. The molecule has 1 atom stereocenters. The molecule has 0 fully saturated rings. The van der Waals surface area contributed by atoms with E-state index in [0.29, 0.717) is 29.7 Å². The lowest BCUT2D eigenvalue weighted by Gasteiger charge is -2.29. The SMILES string of the molecule is Cc1ccc(-c2c3c(cc(C)c2[C@H](OC(C)(C)C)C(=O)O)N(C(=O)c2ccc(F)cc2C)CC3)cc1. The largest absolute Gasteiger partial charge is 0.479 e. The first-order valence-corrected chi connectivity index (χ1v) is 12.1. The minimum Gasteiger partial charge on any atom is -0.479 e. The summed E-state index contributed by atoms with van der Waals surface area (Å²) < 4.78 is 19.7. The van der Waals surface area contributed by atoms with Crippen LogP contribution in [0.2, 0.25) is 0 Å². The number of hydrogen-bond acceptors (Lipinski definition) is 3. The molecule has 0 unspecified atom stereocenters. The van der Waals surface area contributed by atoms with Gasteiger partial charge in [-0.3, -0.25) is 4.79 Å². The average Bonchev–Trinajstić information content (AvgIpc) is 3.19. The maximum absolute atomic E-state index is 13.7. The van der Waals surface area contributed by atoms with Crippen LogP contribution in [0.15, 0.2) is 48.5 Å². The molecular weight excluding hydrogens is 457 g/mol. The summed E-state index contributed by atoms with van der Waals surface area (Å²) in [7, 11) is 0. The van der Waals surface area contributed by atoms with Crippen molar-refractivity contribution in [1.29, 1.82) is 0 Å². The smallest absolute Gasteiger partial charge is 0.337 e. The number of fused-ring (bicyclic) bond motifs is 1. The van der Waals surface area contributed by atoms with Crippen molar-refractivity contribution in [1.82, 2.24) is 0 Å².